The Morgan fingerprint density at radius 1 is 1.29 bits per heavy atom. The molecule has 0 heterocycles. The van der Waals surface area contributed by atoms with Crippen LogP contribution in [0.25, 0.3) is 0 Å². The maximum Gasteiger partial charge on any atom is 0.307 e. The second kappa shape index (κ2) is 7.20. The summed E-state index contributed by atoms with van der Waals surface area (Å²) >= 11 is 0. The van der Waals surface area contributed by atoms with Crippen molar-refractivity contribution < 1.29 is 18.7 Å². The number of carbonyl (C=O) groups excluding carboxylic acids is 2. The zero-order valence-electron chi connectivity index (χ0n) is 12.2. The minimum Gasteiger partial charge on any atom is -0.466 e. The molecule has 0 atom stereocenters. The van der Waals surface area contributed by atoms with Crippen molar-refractivity contribution >= 4 is 11.9 Å². The molecule has 1 fully saturated rings. The third-order valence-electron chi connectivity index (χ3n) is 3.45. The lowest BCUT2D eigenvalue weighted by atomic mass is 10.2. The maximum absolute atomic E-state index is 12.9. The lowest BCUT2D eigenvalue weighted by molar-refractivity contribution is -0.143. The van der Waals surface area contributed by atoms with Gasteiger partial charge in [-0.15, -0.1) is 0 Å². The third-order valence-corrected chi connectivity index (χ3v) is 3.45. The van der Waals surface area contributed by atoms with Gasteiger partial charge in [0.05, 0.1) is 13.0 Å². The first-order chi connectivity index (χ1) is 10.1. The molecule has 1 amide bonds. The number of benzene rings is 1. The molecule has 0 N–H and O–H groups in total. The largest absolute Gasteiger partial charge is 0.466 e. The van der Waals surface area contributed by atoms with Gasteiger partial charge in [-0.1, -0.05) is 0 Å². The number of amides is 1. The fourth-order valence-electron chi connectivity index (χ4n) is 2.12. The molecular weight excluding hydrogens is 273 g/mol. The molecule has 0 saturated heterocycles. The van der Waals surface area contributed by atoms with Crippen LogP contribution in [0.15, 0.2) is 24.3 Å². The van der Waals surface area contributed by atoms with E-state index in [4.69, 9.17) is 4.74 Å². The summed E-state index contributed by atoms with van der Waals surface area (Å²) in [5.41, 5.74) is 0.445. The molecule has 21 heavy (non-hydrogen) atoms. The summed E-state index contributed by atoms with van der Waals surface area (Å²) in [7, 11) is 0. The molecule has 1 aliphatic rings. The number of nitrogens with zero attached hydrogens (tertiary/aromatic N) is 1. The van der Waals surface area contributed by atoms with Crippen molar-refractivity contribution in [2.75, 3.05) is 19.7 Å². The Morgan fingerprint density at radius 2 is 1.95 bits per heavy atom. The summed E-state index contributed by atoms with van der Waals surface area (Å²) in [6.45, 7) is 3.08. The lowest BCUT2D eigenvalue weighted by Gasteiger charge is -2.22. The van der Waals surface area contributed by atoms with Crippen molar-refractivity contribution in [2.24, 2.45) is 5.92 Å². The summed E-state index contributed by atoms with van der Waals surface area (Å²) in [4.78, 5) is 25.6. The predicted molar refractivity (Wildman–Crippen MR) is 76.3 cm³/mol. The first kappa shape index (κ1) is 15.5. The van der Waals surface area contributed by atoms with Gasteiger partial charge in [-0.25, -0.2) is 4.39 Å². The Bertz CT molecular complexity index is 497. The molecule has 1 aliphatic carbocycles. The molecule has 0 aromatic heterocycles. The van der Waals surface area contributed by atoms with E-state index in [2.05, 4.69) is 0 Å². The van der Waals surface area contributed by atoms with Crippen molar-refractivity contribution in [3.8, 4) is 0 Å². The van der Waals surface area contributed by atoms with E-state index >= 15 is 0 Å². The van der Waals surface area contributed by atoms with Gasteiger partial charge in [0, 0.05) is 18.7 Å². The smallest absolute Gasteiger partial charge is 0.307 e. The normalized spacial score (nSPS) is 13.8. The van der Waals surface area contributed by atoms with Gasteiger partial charge in [0.25, 0.3) is 5.91 Å². The fraction of sp³-hybridized carbons (Fsp3) is 0.500. The van der Waals surface area contributed by atoms with E-state index in [9.17, 15) is 14.0 Å². The van der Waals surface area contributed by atoms with Gasteiger partial charge in [0.1, 0.15) is 5.82 Å². The van der Waals surface area contributed by atoms with Gasteiger partial charge >= 0.3 is 5.97 Å². The predicted octanol–water partition coefficient (Wildman–Crippen LogP) is 2.63. The van der Waals surface area contributed by atoms with E-state index in [0.29, 0.717) is 31.2 Å². The molecule has 0 spiro atoms. The van der Waals surface area contributed by atoms with Crippen LogP contribution in [0.5, 0.6) is 0 Å². The quantitative estimate of drug-likeness (QED) is 0.726. The van der Waals surface area contributed by atoms with Crippen LogP contribution >= 0.6 is 0 Å². The van der Waals surface area contributed by atoms with Crippen LogP contribution in [0.2, 0.25) is 0 Å². The van der Waals surface area contributed by atoms with Gasteiger partial charge in [-0.3, -0.25) is 9.59 Å². The van der Waals surface area contributed by atoms with E-state index in [1.807, 2.05) is 0 Å². The van der Waals surface area contributed by atoms with Crippen molar-refractivity contribution in [3.63, 3.8) is 0 Å². The molecule has 1 saturated carbocycles. The number of hydrogen-bond acceptors (Lipinski definition) is 3. The summed E-state index contributed by atoms with van der Waals surface area (Å²) < 4.78 is 17.8. The van der Waals surface area contributed by atoms with E-state index < -0.39 is 0 Å². The number of carbonyl (C=O) groups is 2. The van der Waals surface area contributed by atoms with Crippen LogP contribution in [0.3, 0.4) is 0 Å². The summed E-state index contributed by atoms with van der Waals surface area (Å²) in [6.07, 6.45) is 2.42. The zero-order chi connectivity index (χ0) is 15.2. The van der Waals surface area contributed by atoms with Crippen LogP contribution in [-0.4, -0.2) is 36.5 Å². The van der Waals surface area contributed by atoms with E-state index in [0.717, 1.165) is 12.8 Å². The Kier molecular flexibility index (Phi) is 5.31. The Labute approximate surface area is 123 Å². The fourth-order valence-corrected chi connectivity index (χ4v) is 2.12. The molecule has 5 heteroatoms. The van der Waals surface area contributed by atoms with E-state index in [1.54, 1.807) is 11.8 Å². The molecule has 1 aromatic rings. The Morgan fingerprint density at radius 3 is 2.52 bits per heavy atom. The number of hydrogen-bond donors (Lipinski definition) is 0. The second-order valence-electron chi connectivity index (χ2n) is 5.26. The minimum absolute atomic E-state index is 0.161. The number of ether oxygens (including phenoxy) is 1. The highest BCUT2D eigenvalue weighted by molar-refractivity contribution is 5.94. The van der Waals surface area contributed by atoms with Crippen LogP contribution in [0.4, 0.5) is 4.39 Å². The van der Waals surface area contributed by atoms with E-state index in [-0.39, 0.29) is 24.1 Å². The topological polar surface area (TPSA) is 46.6 Å². The average molecular weight is 293 g/mol. The summed E-state index contributed by atoms with van der Waals surface area (Å²) in [5, 5.41) is 0. The molecule has 1 aromatic carbocycles. The molecule has 0 aliphatic heterocycles. The van der Waals surface area contributed by atoms with Gasteiger partial charge in [0.2, 0.25) is 0 Å². The monoisotopic (exact) mass is 293 g/mol. The third kappa shape index (κ3) is 4.85. The average Bonchev–Trinajstić information content (AvgIpc) is 3.28. The highest BCUT2D eigenvalue weighted by Crippen LogP contribution is 2.30. The lowest BCUT2D eigenvalue weighted by Crippen LogP contribution is -2.35. The van der Waals surface area contributed by atoms with Crippen LogP contribution < -0.4 is 0 Å². The van der Waals surface area contributed by atoms with Gasteiger partial charge in [-0.2, -0.15) is 0 Å². The van der Waals surface area contributed by atoms with Crippen LogP contribution in [0, 0.1) is 11.7 Å². The van der Waals surface area contributed by atoms with Crippen molar-refractivity contribution in [1.29, 1.82) is 0 Å². The molecule has 0 unspecified atom stereocenters. The Hall–Kier alpha value is -1.91. The number of esters is 1. The molecule has 114 valence electrons. The van der Waals surface area contributed by atoms with Crippen LogP contribution in [-0.2, 0) is 9.53 Å². The molecular formula is C16H20FNO3. The Balaban J connectivity index is 1.98. The number of rotatable bonds is 7. The first-order valence-electron chi connectivity index (χ1n) is 7.30. The zero-order valence-corrected chi connectivity index (χ0v) is 12.2. The molecule has 4 nitrogen and oxygen atoms in total. The highest BCUT2D eigenvalue weighted by atomic mass is 19.1. The van der Waals surface area contributed by atoms with Gasteiger partial charge < -0.3 is 9.64 Å². The van der Waals surface area contributed by atoms with Gasteiger partial charge in [0.15, 0.2) is 0 Å². The van der Waals surface area contributed by atoms with Crippen molar-refractivity contribution in [3.05, 3.63) is 35.6 Å². The SMILES string of the molecule is CCOC(=O)CCN(CC1CC1)C(=O)c1ccc(F)cc1. The van der Waals surface area contributed by atoms with Crippen molar-refractivity contribution in [1.82, 2.24) is 4.90 Å². The number of halogens is 1. The first-order valence-corrected chi connectivity index (χ1v) is 7.30. The second-order valence-corrected chi connectivity index (χ2v) is 5.26. The van der Waals surface area contributed by atoms with E-state index in [1.165, 1.54) is 24.3 Å². The summed E-state index contributed by atoms with van der Waals surface area (Å²) in [6, 6.07) is 5.49. The molecule has 0 bridgehead atoms. The van der Waals surface area contributed by atoms with Crippen LogP contribution in [0.1, 0.15) is 36.5 Å². The maximum atomic E-state index is 12.9. The van der Waals surface area contributed by atoms with Crippen molar-refractivity contribution in [2.45, 2.75) is 26.2 Å². The molecule has 0 radical (unpaired) electrons. The van der Waals surface area contributed by atoms with Gasteiger partial charge in [-0.05, 0) is 49.9 Å². The highest BCUT2D eigenvalue weighted by Gasteiger charge is 2.27. The standard InChI is InChI=1S/C16H20FNO3/c1-2-21-15(19)9-10-18(11-12-3-4-12)16(20)13-5-7-14(17)8-6-13/h5-8,12H,2-4,9-11H2,1H3. The molecule has 2 rings (SSSR count). The minimum atomic E-state index is -0.369. The summed E-state index contributed by atoms with van der Waals surface area (Å²) in [5.74, 6) is -0.306.